The maximum absolute atomic E-state index is 3.91. The SMILES string of the molecule is Cc1c([Si](C)(C)[PH2+]c2ccccc2)c(C)[c-](C)c1C.Cc1c([Si](C)(C)[PH2+]c2ccccc2)c(C)[c-](C)c1C.[CH2-][Si](C)(C)C.[CH2-][Si](C)(C)C.[Lu].[Lu]. The summed E-state index contributed by atoms with van der Waals surface area (Å²) < 4.78 is 0. The minimum Gasteiger partial charge on any atom is -0.342 e. The Morgan fingerprint density at radius 1 is 0.440 bits per heavy atom. The third-order valence-electron chi connectivity index (χ3n) is 8.82. The van der Waals surface area contributed by atoms with Crippen LogP contribution in [0.2, 0.25) is 65.5 Å². The van der Waals surface area contributed by atoms with Gasteiger partial charge in [0.05, 0.1) is 10.6 Å². The van der Waals surface area contributed by atoms with Gasteiger partial charge in [0.15, 0.2) is 15.5 Å². The molecule has 0 fully saturated rings. The van der Waals surface area contributed by atoms with E-state index in [2.05, 4.69) is 195 Å². The van der Waals surface area contributed by atoms with E-state index in [0.29, 0.717) is 16.3 Å². The van der Waals surface area contributed by atoms with Gasteiger partial charge in [-0.15, -0.1) is 16.1 Å². The third kappa shape index (κ3) is 18.3. The summed E-state index contributed by atoms with van der Waals surface area (Å²) in [7, 11) is -3.63. The van der Waals surface area contributed by atoms with Crippen LogP contribution in [0.3, 0.4) is 0 Å². The van der Waals surface area contributed by atoms with Crippen molar-refractivity contribution in [3.63, 3.8) is 0 Å². The maximum Gasteiger partial charge on any atom is 0.187 e. The van der Waals surface area contributed by atoms with Crippen molar-refractivity contribution in [2.45, 2.75) is 121 Å². The minimum atomic E-state index is -1.34. The predicted molar refractivity (Wildman–Crippen MR) is 245 cm³/mol. The molecular formula is C42H72Lu2P2Si4-2. The van der Waals surface area contributed by atoms with Gasteiger partial charge in [-0.2, -0.15) is 54.9 Å². The second-order valence-electron chi connectivity index (χ2n) is 17.4. The standard InChI is InChI=1S/2C17H24PSi.2C4H11Si.2Lu/c2*1-12-13(2)15(4)17(14(12)3)19(5,6)18-16-10-8-7-9-11-16;2*1-5(2,3)4;;/h2*7-11,18H,1-6H3;2*1H2,2-4H3;;/q4*-1;;/p+2. The Kier molecular flexibility index (Phi) is 24.3. The summed E-state index contributed by atoms with van der Waals surface area (Å²) in [6.07, 6.45) is 0. The topological polar surface area (TPSA) is 0 Å². The molecule has 0 saturated carbocycles. The van der Waals surface area contributed by atoms with Crippen LogP contribution in [0.1, 0.15) is 44.5 Å². The second kappa shape index (κ2) is 22.8. The Balaban J connectivity index is 0. The first-order valence-corrected chi connectivity index (χ1v) is 35.9. The first-order valence-electron chi connectivity index (χ1n) is 17.7. The molecule has 4 aromatic rings. The van der Waals surface area contributed by atoms with Gasteiger partial charge in [-0.3, -0.25) is 0 Å². The van der Waals surface area contributed by atoms with E-state index in [1.807, 2.05) is 0 Å². The zero-order chi connectivity index (χ0) is 37.4. The summed E-state index contributed by atoms with van der Waals surface area (Å²) in [4.78, 5) is 0. The van der Waals surface area contributed by atoms with Crippen LogP contribution >= 0.6 is 16.3 Å². The van der Waals surface area contributed by atoms with Crippen molar-refractivity contribution < 1.29 is 73.7 Å². The van der Waals surface area contributed by atoms with Gasteiger partial charge in [0.25, 0.3) is 0 Å². The largest absolute Gasteiger partial charge is 0.342 e. The molecule has 50 heavy (non-hydrogen) atoms. The second-order valence-corrected chi connectivity index (χ2v) is 47.9. The van der Waals surface area contributed by atoms with Crippen LogP contribution in [0.5, 0.6) is 0 Å². The molecule has 0 spiro atoms. The molecule has 2 unspecified atom stereocenters. The van der Waals surface area contributed by atoms with Crippen LogP contribution in [-0.4, -0.2) is 31.6 Å². The molecule has 0 aliphatic carbocycles. The molecule has 0 bridgehead atoms. The summed E-state index contributed by atoms with van der Waals surface area (Å²) in [5, 5.41) is 6.58. The van der Waals surface area contributed by atoms with Gasteiger partial charge in [0.1, 0.15) is 0 Å². The fourth-order valence-corrected chi connectivity index (χ4v) is 23.5. The first-order chi connectivity index (χ1) is 21.7. The van der Waals surface area contributed by atoms with E-state index >= 15 is 0 Å². The molecular weight excluding hydrogens is 1030 g/mol. The van der Waals surface area contributed by atoms with Gasteiger partial charge in [-0.05, 0) is 66.7 Å². The van der Waals surface area contributed by atoms with Crippen molar-refractivity contribution in [3.8, 4) is 0 Å². The van der Waals surface area contributed by atoms with Gasteiger partial charge >= 0.3 is 0 Å². The van der Waals surface area contributed by atoms with Crippen molar-refractivity contribution in [2.24, 2.45) is 0 Å². The fraction of sp³-hybridized carbons (Fsp3) is 0.429. The van der Waals surface area contributed by atoms with Crippen LogP contribution in [0, 0.1) is 142 Å². The molecule has 0 nitrogen and oxygen atoms in total. The van der Waals surface area contributed by atoms with Crippen molar-refractivity contribution >= 4 is 68.9 Å². The van der Waals surface area contributed by atoms with E-state index in [0.717, 1.165) is 0 Å². The smallest absolute Gasteiger partial charge is 0.187 e. The zero-order valence-corrected chi connectivity index (χ0v) is 44.5. The Morgan fingerprint density at radius 2 is 0.660 bits per heavy atom. The molecule has 0 saturated heterocycles. The van der Waals surface area contributed by atoms with Gasteiger partial charge in [0.2, 0.25) is 0 Å². The van der Waals surface area contributed by atoms with Crippen LogP contribution in [0.15, 0.2) is 60.7 Å². The van der Waals surface area contributed by atoms with Gasteiger partial charge < -0.3 is 13.1 Å². The van der Waals surface area contributed by atoms with Gasteiger partial charge in [-0.25, -0.2) is 0 Å². The Morgan fingerprint density at radius 3 is 0.840 bits per heavy atom. The fourth-order valence-electron chi connectivity index (χ4n) is 6.45. The zero-order valence-electron chi connectivity index (χ0n) is 34.9. The van der Waals surface area contributed by atoms with E-state index in [1.165, 1.54) is 22.3 Å². The maximum atomic E-state index is 3.91. The predicted octanol–water partition coefficient (Wildman–Crippen LogP) is 11.0. The molecule has 0 aliphatic heterocycles. The molecule has 298 valence electrons. The average molecular weight is 1100 g/mol. The van der Waals surface area contributed by atoms with Gasteiger partial charge in [0, 0.05) is 73.7 Å². The Hall–Kier alpha value is 1.34. The molecule has 0 aromatic heterocycles. The molecule has 2 atom stereocenters. The Labute approximate surface area is 377 Å². The van der Waals surface area contributed by atoms with Crippen LogP contribution in [0.25, 0.3) is 0 Å². The Bertz CT molecular complexity index is 1390. The number of hydrogen-bond donors (Lipinski definition) is 0. The number of hydrogen-bond acceptors (Lipinski definition) is 0. The van der Waals surface area contributed by atoms with Crippen molar-refractivity contribution in [3.05, 3.63) is 118 Å². The van der Waals surface area contributed by atoms with Crippen molar-refractivity contribution in [1.82, 2.24) is 0 Å². The summed E-state index contributed by atoms with van der Waals surface area (Å²) in [6, 6.07) is 22.1. The molecule has 0 aliphatic rings. The minimum absolute atomic E-state index is 0. The number of benzene rings is 2. The summed E-state index contributed by atoms with van der Waals surface area (Å²) >= 11 is 0. The normalized spacial score (nSPS) is 11.9. The van der Waals surface area contributed by atoms with Gasteiger partial charge in [-0.1, -0.05) is 131 Å². The van der Waals surface area contributed by atoms with Crippen molar-refractivity contribution in [1.29, 1.82) is 0 Å². The summed E-state index contributed by atoms with van der Waals surface area (Å²) in [5.74, 6) is 0. The van der Waals surface area contributed by atoms with E-state index in [-0.39, 0.29) is 73.7 Å². The van der Waals surface area contributed by atoms with E-state index in [4.69, 9.17) is 0 Å². The molecule has 4 rings (SSSR count). The molecule has 4 aromatic carbocycles. The molecule has 2 radical (unpaired) electrons. The quantitative estimate of drug-likeness (QED) is 0.103. The van der Waals surface area contributed by atoms with E-state index < -0.39 is 31.6 Å². The number of rotatable bonds is 6. The molecule has 0 N–H and O–H groups in total. The third-order valence-corrected chi connectivity index (χ3v) is 23.8. The summed E-state index contributed by atoms with van der Waals surface area (Å²) in [5.41, 5.74) is 12.3. The van der Waals surface area contributed by atoms with E-state index in [9.17, 15) is 0 Å². The molecule has 0 amide bonds. The van der Waals surface area contributed by atoms with Crippen molar-refractivity contribution in [2.75, 3.05) is 0 Å². The van der Waals surface area contributed by atoms with E-state index in [1.54, 1.807) is 43.2 Å². The summed E-state index contributed by atoms with van der Waals surface area (Å²) in [6.45, 7) is 49.7. The first kappa shape index (κ1) is 53.4. The molecule has 8 heteroatoms. The van der Waals surface area contributed by atoms with Crippen LogP contribution < -0.4 is 21.0 Å². The molecule has 0 heterocycles. The van der Waals surface area contributed by atoms with Crippen LogP contribution in [-0.2, 0) is 0 Å². The average Bonchev–Trinajstić information content (AvgIpc) is 3.26. The van der Waals surface area contributed by atoms with Crippen LogP contribution in [0.4, 0.5) is 0 Å². The monoisotopic (exact) mass is 1100 g/mol.